The molecule has 0 aliphatic carbocycles. The Morgan fingerprint density at radius 3 is 2.35 bits per heavy atom. The van der Waals surface area contributed by atoms with Crippen LogP contribution < -0.4 is 0 Å². The Morgan fingerprint density at radius 1 is 0.957 bits per heavy atom. The van der Waals surface area contributed by atoms with Crippen LogP contribution in [-0.4, -0.2) is 28.2 Å². The van der Waals surface area contributed by atoms with Crippen LogP contribution in [0.15, 0.2) is 48.5 Å². The van der Waals surface area contributed by atoms with E-state index in [-0.39, 0.29) is 11.8 Å². The molecule has 0 spiro atoms. The van der Waals surface area contributed by atoms with E-state index < -0.39 is 0 Å². The Labute approximate surface area is 133 Å². The number of hydrogen-bond donors (Lipinski definition) is 1. The lowest BCUT2D eigenvalue weighted by molar-refractivity contribution is 0.0656. The number of carbonyl (C=O) groups excluding carboxylic acids is 2. The monoisotopic (exact) mass is 304 g/mol. The quantitative estimate of drug-likeness (QED) is 0.755. The van der Waals surface area contributed by atoms with E-state index in [1.165, 1.54) is 10.5 Å². The summed E-state index contributed by atoms with van der Waals surface area (Å²) in [6.45, 7) is 2.45. The van der Waals surface area contributed by atoms with Crippen LogP contribution in [0.3, 0.4) is 0 Å². The van der Waals surface area contributed by atoms with Gasteiger partial charge in [-0.15, -0.1) is 0 Å². The van der Waals surface area contributed by atoms with E-state index in [0.29, 0.717) is 24.1 Å². The molecule has 1 aliphatic heterocycles. The number of benzene rings is 2. The third-order valence-electron chi connectivity index (χ3n) is 4.31. The third kappa shape index (κ3) is 2.23. The molecule has 1 aromatic heterocycles. The van der Waals surface area contributed by atoms with Gasteiger partial charge in [-0.1, -0.05) is 23.8 Å². The van der Waals surface area contributed by atoms with Crippen LogP contribution in [0.25, 0.3) is 10.9 Å². The fraction of sp³-hybridized carbons (Fsp3) is 0.158. The second-order valence-corrected chi connectivity index (χ2v) is 5.94. The Balaban J connectivity index is 1.55. The fourth-order valence-electron chi connectivity index (χ4n) is 3.12. The molecule has 1 N–H and O–H groups in total. The van der Waals surface area contributed by atoms with Gasteiger partial charge < -0.3 is 4.98 Å². The number of carbonyl (C=O) groups is 2. The highest BCUT2D eigenvalue weighted by atomic mass is 16.2. The first-order valence-electron chi connectivity index (χ1n) is 7.67. The molecular formula is C19H16N2O2. The number of nitrogens with one attached hydrogen (secondary N) is 1. The number of rotatable bonds is 3. The maximum Gasteiger partial charge on any atom is 0.261 e. The number of imide groups is 1. The van der Waals surface area contributed by atoms with Gasteiger partial charge >= 0.3 is 0 Å². The summed E-state index contributed by atoms with van der Waals surface area (Å²) in [6, 6.07) is 15.3. The van der Waals surface area contributed by atoms with Crippen molar-refractivity contribution < 1.29 is 9.59 Å². The predicted molar refractivity (Wildman–Crippen MR) is 88.5 cm³/mol. The highest BCUT2D eigenvalue weighted by Gasteiger charge is 2.34. The molecule has 3 aromatic rings. The molecule has 4 nitrogen and oxygen atoms in total. The number of nitrogens with zero attached hydrogens (tertiary/aromatic N) is 1. The zero-order chi connectivity index (χ0) is 16.0. The van der Waals surface area contributed by atoms with Gasteiger partial charge in [0.2, 0.25) is 0 Å². The summed E-state index contributed by atoms with van der Waals surface area (Å²) < 4.78 is 0. The van der Waals surface area contributed by atoms with Crippen LogP contribution in [0.4, 0.5) is 0 Å². The van der Waals surface area contributed by atoms with E-state index in [0.717, 1.165) is 16.6 Å². The maximum atomic E-state index is 12.3. The van der Waals surface area contributed by atoms with Gasteiger partial charge in [0.05, 0.1) is 11.1 Å². The normalized spacial score (nSPS) is 13.9. The van der Waals surface area contributed by atoms with Crippen molar-refractivity contribution >= 4 is 22.7 Å². The minimum absolute atomic E-state index is 0.197. The molecule has 2 amide bonds. The van der Waals surface area contributed by atoms with Crippen molar-refractivity contribution in [2.45, 2.75) is 13.3 Å². The largest absolute Gasteiger partial charge is 0.358 e. The third-order valence-corrected chi connectivity index (χ3v) is 4.31. The molecule has 0 unspecified atom stereocenters. The molecule has 4 heteroatoms. The molecule has 0 fully saturated rings. The first kappa shape index (κ1) is 13.8. The smallest absolute Gasteiger partial charge is 0.261 e. The zero-order valence-corrected chi connectivity index (χ0v) is 12.8. The number of aromatic nitrogens is 1. The average molecular weight is 304 g/mol. The van der Waals surface area contributed by atoms with E-state index in [4.69, 9.17) is 0 Å². The first-order valence-corrected chi connectivity index (χ1v) is 7.67. The summed E-state index contributed by atoms with van der Waals surface area (Å²) in [5.74, 6) is -0.393. The average Bonchev–Trinajstić information content (AvgIpc) is 3.06. The second-order valence-electron chi connectivity index (χ2n) is 5.94. The van der Waals surface area contributed by atoms with Crippen molar-refractivity contribution in [3.8, 4) is 0 Å². The van der Waals surface area contributed by atoms with Gasteiger partial charge in [-0.2, -0.15) is 0 Å². The number of aryl methyl sites for hydroxylation is 1. The number of aromatic amines is 1. The van der Waals surface area contributed by atoms with Crippen molar-refractivity contribution in [3.05, 3.63) is 70.9 Å². The lowest BCUT2D eigenvalue weighted by Gasteiger charge is -2.12. The van der Waals surface area contributed by atoms with Crippen LogP contribution >= 0.6 is 0 Å². The summed E-state index contributed by atoms with van der Waals surface area (Å²) in [7, 11) is 0. The Morgan fingerprint density at radius 2 is 1.65 bits per heavy atom. The van der Waals surface area contributed by atoms with Crippen LogP contribution in [0.2, 0.25) is 0 Å². The lowest BCUT2D eigenvalue weighted by atomic mass is 10.1. The van der Waals surface area contributed by atoms with E-state index in [1.54, 1.807) is 24.3 Å². The molecule has 1 aliphatic rings. The van der Waals surface area contributed by atoms with Crippen LogP contribution in [0, 0.1) is 6.92 Å². The number of fused-ring (bicyclic) bond motifs is 2. The van der Waals surface area contributed by atoms with Crippen LogP contribution in [0.1, 0.15) is 32.0 Å². The lowest BCUT2D eigenvalue weighted by Crippen LogP contribution is -2.31. The first-order chi connectivity index (χ1) is 11.1. The maximum absolute atomic E-state index is 12.3. The van der Waals surface area contributed by atoms with Gasteiger partial charge in [0.25, 0.3) is 11.8 Å². The molecule has 0 saturated carbocycles. The predicted octanol–water partition coefficient (Wildman–Crippen LogP) is 3.32. The second kappa shape index (κ2) is 5.09. The molecule has 4 rings (SSSR count). The fourth-order valence-corrected chi connectivity index (χ4v) is 3.12. The molecule has 23 heavy (non-hydrogen) atoms. The summed E-state index contributed by atoms with van der Waals surface area (Å²) in [6.07, 6.45) is 0.624. The topological polar surface area (TPSA) is 53.2 Å². The van der Waals surface area contributed by atoms with E-state index >= 15 is 0 Å². The summed E-state index contributed by atoms with van der Waals surface area (Å²) in [5, 5.41) is 1.15. The minimum atomic E-state index is -0.197. The van der Waals surface area contributed by atoms with Crippen molar-refractivity contribution in [2.75, 3.05) is 6.54 Å². The number of hydrogen-bond acceptors (Lipinski definition) is 2. The molecule has 0 bridgehead atoms. The molecule has 0 radical (unpaired) electrons. The SMILES string of the molecule is Cc1ccc2[nH]c(CCN3C(=O)c4ccccc4C3=O)cc2c1. The van der Waals surface area contributed by atoms with Crippen molar-refractivity contribution in [1.29, 1.82) is 0 Å². The van der Waals surface area contributed by atoms with Crippen molar-refractivity contribution in [3.63, 3.8) is 0 Å². The number of H-pyrrole nitrogens is 1. The Kier molecular flexibility index (Phi) is 3.05. The van der Waals surface area contributed by atoms with E-state index in [2.05, 4.69) is 36.2 Å². The molecule has 0 atom stereocenters. The summed E-state index contributed by atoms with van der Waals surface area (Å²) in [5.41, 5.74) is 4.33. The van der Waals surface area contributed by atoms with Gasteiger partial charge in [0, 0.05) is 24.2 Å². The van der Waals surface area contributed by atoms with Gasteiger partial charge in [-0.3, -0.25) is 14.5 Å². The zero-order valence-electron chi connectivity index (χ0n) is 12.8. The Hall–Kier alpha value is -2.88. The van der Waals surface area contributed by atoms with Gasteiger partial charge in [-0.05, 0) is 42.6 Å². The van der Waals surface area contributed by atoms with Crippen molar-refractivity contribution in [2.24, 2.45) is 0 Å². The van der Waals surface area contributed by atoms with Crippen LogP contribution in [-0.2, 0) is 6.42 Å². The number of amides is 2. The molecule has 114 valence electrons. The van der Waals surface area contributed by atoms with E-state index in [9.17, 15) is 9.59 Å². The summed E-state index contributed by atoms with van der Waals surface area (Å²) in [4.78, 5) is 29.4. The highest BCUT2D eigenvalue weighted by Crippen LogP contribution is 2.23. The van der Waals surface area contributed by atoms with Crippen LogP contribution in [0.5, 0.6) is 0 Å². The highest BCUT2D eigenvalue weighted by molar-refractivity contribution is 6.21. The molecule has 2 heterocycles. The molecule has 0 saturated heterocycles. The van der Waals surface area contributed by atoms with Crippen molar-refractivity contribution in [1.82, 2.24) is 9.88 Å². The molecular weight excluding hydrogens is 288 g/mol. The van der Waals surface area contributed by atoms with Gasteiger partial charge in [0.15, 0.2) is 0 Å². The van der Waals surface area contributed by atoms with E-state index in [1.807, 2.05) is 0 Å². The molecule has 2 aromatic carbocycles. The van der Waals surface area contributed by atoms with Gasteiger partial charge in [0.1, 0.15) is 0 Å². The minimum Gasteiger partial charge on any atom is -0.358 e. The summed E-state index contributed by atoms with van der Waals surface area (Å²) >= 11 is 0. The Bertz CT molecular complexity index is 904. The van der Waals surface area contributed by atoms with Gasteiger partial charge in [-0.25, -0.2) is 0 Å². The standard InChI is InChI=1S/C19H16N2O2/c1-12-6-7-17-13(10-12)11-14(20-17)8-9-21-18(22)15-4-2-3-5-16(15)19(21)23/h2-7,10-11,20H,8-9H2,1H3.